The first-order chi connectivity index (χ1) is 19.6. The highest BCUT2D eigenvalue weighted by Gasteiger charge is 2.15. The van der Waals surface area contributed by atoms with Gasteiger partial charge in [-0.3, -0.25) is 14.1 Å². The van der Waals surface area contributed by atoms with Gasteiger partial charge in [-0.05, 0) is 85.1 Å². The van der Waals surface area contributed by atoms with Gasteiger partial charge in [0.25, 0.3) is 10.1 Å². The molecule has 5 aromatic carbocycles. The van der Waals surface area contributed by atoms with Crippen LogP contribution >= 0.6 is 0 Å². The Morgan fingerprint density at radius 1 is 0.595 bits per heavy atom. The van der Waals surface area contributed by atoms with E-state index < -0.39 is 10.1 Å². The van der Waals surface area contributed by atoms with Crippen LogP contribution in [0.3, 0.4) is 0 Å². The number of carbonyl (C=O) groups excluding carboxylic acids is 2. The third-order valence-electron chi connectivity index (χ3n) is 6.75. The first-order valence-corrected chi connectivity index (χ1v) is 14.3. The zero-order valence-electron chi connectivity index (χ0n) is 22.4. The fourth-order valence-corrected chi connectivity index (χ4v) is 4.86. The molecule has 0 aliphatic carbocycles. The van der Waals surface area contributed by atoms with Crippen LogP contribution in [0.5, 0.6) is 11.5 Å². The quantitative estimate of drug-likeness (QED) is 0.148. The molecule has 0 amide bonds. The van der Waals surface area contributed by atoms with Crippen LogP contribution in [0.1, 0.15) is 50.4 Å². The highest BCUT2D eigenvalue weighted by molar-refractivity contribution is 7.85. The van der Waals surface area contributed by atoms with Gasteiger partial charge >= 0.3 is 0 Å². The van der Waals surface area contributed by atoms with E-state index in [1.807, 2.05) is 68.4 Å². The Labute approximate surface area is 246 Å². The van der Waals surface area contributed by atoms with Gasteiger partial charge in [0.05, 0.1) is 4.90 Å². The molecule has 0 unspecified atom stereocenters. The maximum absolute atomic E-state index is 13.4. The molecule has 0 aliphatic heterocycles. The summed E-state index contributed by atoms with van der Waals surface area (Å²) in [6, 6.07) is 32.6. The Balaban J connectivity index is 0.00000405. The van der Waals surface area contributed by atoms with Gasteiger partial charge < -0.3 is 4.74 Å². The van der Waals surface area contributed by atoms with Gasteiger partial charge in [0.2, 0.25) is 0 Å². The number of rotatable bonds is 8. The van der Waals surface area contributed by atoms with Crippen molar-refractivity contribution in [2.75, 3.05) is 0 Å². The molecule has 0 aliphatic rings. The number of aryl methyl sites for hydroxylation is 2. The maximum atomic E-state index is 13.4. The lowest BCUT2D eigenvalue weighted by molar-refractivity contribution is 0.103. The molecule has 0 saturated carbocycles. The number of ketones is 2. The number of ether oxygens (including phenoxy) is 1. The number of carbonyl (C=O) groups is 2. The molecule has 0 bridgehead atoms. The topological polar surface area (TPSA) is 97.7 Å². The van der Waals surface area contributed by atoms with Crippen molar-refractivity contribution in [3.8, 4) is 22.6 Å². The SMILES string of the molecule is C.Cc1ccc(C(=O)c2ccc(-c3ccc(C)c(C(=O)c4ccc(Oc5ccc(S(=O)(=O)O)cc5)cc4)c3)cc2)cc1. The average Bonchev–Trinajstić information content (AvgIpc) is 2.97. The van der Waals surface area contributed by atoms with E-state index in [0.29, 0.717) is 33.8 Å². The van der Waals surface area contributed by atoms with Gasteiger partial charge in [-0.2, -0.15) is 8.42 Å². The van der Waals surface area contributed by atoms with E-state index in [-0.39, 0.29) is 23.9 Å². The van der Waals surface area contributed by atoms with Gasteiger partial charge in [0.15, 0.2) is 11.6 Å². The highest BCUT2D eigenvalue weighted by atomic mass is 32.2. The number of hydrogen-bond acceptors (Lipinski definition) is 5. The molecule has 5 rings (SSSR count). The van der Waals surface area contributed by atoms with Crippen molar-refractivity contribution in [1.82, 2.24) is 0 Å². The largest absolute Gasteiger partial charge is 0.457 e. The monoisotopic (exact) mass is 578 g/mol. The smallest absolute Gasteiger partial charge is 0.294 e. The molecule has 0 heterocycles. The zero-order valence-corrected chi connectivity index (χ0v) is 23.2. The van der Waals surface area contributed by atoms with Crippen molar-refractivity contribution in [2.24, 2.45) is 0 Å². The molecule has 42 heavy (non-hydrogen) atoms. The summed E-state index contributed by atoms with van der Waals surface area (Å²) in [5.74, 6) is 0.664. The van der Waals surface area contributed by atoms with E-state index in [9.17, 15) is 18.0 Å². The van der Waals surface area contributed by atoms with Crippen LogP contribution in [0, 0.1) is 13.8 Å². The summed E-state index contributed by atoms with van der Waals surface area (Å²) < 4.78 is 37.3. The summed E-state index contributed by atoms with van der Waals surface area (Å²) in [5, 5.41) is 0. The molecule has 0 fully saturated rings. The molecular weight excluding hydrogens is 548 g/mol. The van der Waals surface area contributed by atoms with Crippen LogP contribution in [0.2, 0.25) is 0 Å². The fraction of sp³-hybridized carbons (Fsp3) is 0.0857. The molecule has 1 N–H and O–H groups in total. The summed E-state index contributed by atoms with van der Waals surface area (Å²) in [5.41, 5.74) is 5.97. The molecule has 0 atom stereocenters. The molecule has 7 heteroatoms. The summed E-state index contributed by atoms with van der Waals surface area (Å²) in [4.78, 5) is 26.0. The first kappa shape index (κ1) is 30.1. The van der Waals surface area contributed by atoms with Crippen molar-refractivity contribution in [3.63, 3.8) is 0 Å². The van der Waals surface area contributed by atoms with Crippen LogP contribution in [0.25, 0.3) is 11.1 Å². The second kappa shape index (κ2) is 12.3. The predicted molar refractivity (Wildman–Crippen MR) is 164 cm³/mol. The van der Waals surface area contributed by atoms with Crippen LogP contribution in [0.4, 0.5) is 0 Å². The van der Waals surface area contributed by atoms with Crippen LogP contribution < -0.4 is 4.74 Å². The minimum atomic E-state index is -4.28. The van der Waals surface area contributed by atoms with E-state index in [1.165, 1.54) is 24.3 Å². The van der Waals surface area contributed by atoms with Crippen molar-refractivity contribution >= 4 is 21.7 Å². The Morgan fingerprint density at radius 3 is 1.60 bits per heavy atom. The third kappa shape index (κ3) is 6.71. The van der Waals surface area contributed by atoms with Gasteiger partial charge in [0, 0.05) is 22.3 Å². The van der Waals surface area contributed by atoms with Crippen LogP contribution in [0.15, 0.2) is 120 Å². The molecule has 0 radical (unpaired) electrons. The molecule has 0 spiro atoms. The summed E-state index contributed by atoms with van der Waals surface area (Å²) in [6.45, 7) is 3.86. The molecular formula is C35H30O6S. The second-order valence-electron chi connectivity index (χ2n) is 9.70. The lowest BCUT2D eigenvalue weighted by Gasteiger charge is -2.11. The maximum Gasteiger partial charge on any atom is 0.294 e. The van der Waals surface area contributed by atoms with Gasteiger partial charge in [-0.25, -0.2) is 0 Å². The molecule has 0 aromatic heterocycles. The van der Waals surface area contributed by atoms with Gasteiger partial charge in [-0.1, -0.05) is 73.7 Å². The third-order valence-corrected chi connectivity index (χ3v) is 7.62. The molecule has 5 aromatic rings. The second-order valence-corrected chi connectivity index (χ2v) is 11.1. The molecule has 212 valence electrons. The molecule has 6 nitrogen and oxygen atoms in total. The summed E-state index contributed by atoms with van der Waals surface area (Å²) in [7, 11) is -4.28. The minimum Gasteiger partial charge on any atom is -0.457 e. The van der Waals surface area contributed by atoms with Crippen molar-refractivity contribution in [3.05, 3.63) is 149 Å². The van der Waals surface area contributed by atoms with E-state index in [1.54, 1.807) is 36.4 Å². The van der Waals surface area contributed by atoms with E-state index in [0.717, 1.165) is 22.3 Å². The van der Waals surface area contributed by atoms with Gasteiger partial charge in [-0.15, -0.1) is 0 Å². The summed E-state index contributed by atoms with van der Waals surface area (Å²) in [6.07, 6.45) is 0. The van der Waals surface area contributed by atoms with Crippen LogP contribution in [-0.2, 0) is 10.1 Å². The first-order valence-electron chi connectivity index (χ1n) is 12.8. The Morgan fingerprint density at radius 2 is 1.05 bits per heavy atom. The minimum absolute atomic E-state index is 0. The number of benzene rings is 5. The predicted octanol–water partition coefficient (Wildman–Crippen LogP) is 8.11. The van der Waals surface area contributed by atoms with Crippen molar-refractivity contribution in [2.45, 2.75) is 26.2 Å². The standard InChI is InChI=1S/C34H26O6S.CH4/c1-22-3-6-25(7-4-22)33(35)26-11-9-24(10-12-26)28-8-5-23(2)32(21-28)34(36)27-13-15-29(16-14-27)40-30-17-19-31(20-18-30)41(37,38)39;/h3-21H,1-2H3,(H,37,38,39);1H4. The normalized spacial score (nSPS) is 10.9. The molecule has 0 saturated heterocycles. The lowest BCUT2D eigenvalue weighted by Crippen LogP contribution is -2.04. The van der Waals surface area contributed by atoms with Crippen molar-refractivity contribution in [1.29, 1.82) is 0 Å². The zero-order chi connectivity index (χ0) is 29.1. The Kier molecular flexibility index (Phi) is 8.85. The fourth-order valence-electron chi connectivity index (χ4n) is 4.38. The lowest BCUT2D eigenvalue weighted by atomic mass is 9.93. The van der Waals surface area contributed by atoms with E-state index in [2.05, 4.69) is 0 Å². The highest BCUT2D eigenvalue weighted by Crippen LogP contribution is 2.27. The summed E-state index contributed by atoms with van der Waals surface area (Å²) >= 11 is 0. The van der Waals surface area contributed by atoms with Gasteiger partial charge in [0.1, 0.15) is 11.5 Å². The average molecular weight is 579 g/mol. The number of hydrogen-bond donors (Lipinski definition) is 1. The van der Waals surface area contributed by atoms with Crippen LogP contribution in [-0.4, -0.2) is 24.5 Å². The van der Waals surface area contributed by atoms with Crippen molar-refractivity contribution < 1.29 is 27.3 Å². The Bertz CT molecular complexity index is 1840. The van der Waals surface area contributed by atoms with E-state index >= 15 is 0 Å². The Hall–Kier alpha value is -4.85. The van der Waals surface area contributed by atoms with E-state index in [4.69, 9.17) is 9.29 Å².